The van der Waals surface area contributed by atoms with Gasteiger partial charge in [-0.2, -0.15) is 5.10 Å². The Morgan fingerprint density at radius 1 is 1.44 bits per heavy atom. The fourth-order valence-electron chi connectivity index (χ4n) is 2.15. The first-order valence-electron chi connectivity index (χ1n) is 5.86. The summed E-state index contributed by atoms with van der Waals surface area (Å²) in [5, 5.41) is 5.37. The van der Waals surface area contributed by atoms with Gasteiger partial charge >= 0.3 is 0 Å². The highest BCUT2D eigenvalue weighted by atomic mass is 79.9. The third-order valence-corrected chi connectivity index (χ3v) is 4.30. The Labute approximate surface area is 119 Å². The number of benzene rings is 1. The van der Waals surface area contributed by atoms with Gasteiger partial charge in [0.2, 0.25) is 0 Å². The van der Waals surface area contributed by atoms with Gasteiger partial charge in [-0.3, -0.25) is 0 Å². The van der Waals surface area contributed by atoms with Crippen molar-refractivity contribution in [2.45, 2.75) is 18.3 Å². The van der Waals surface area contributed by atoms with Crippen LogP contribution in [0.2, 0.25) is 5.02 Å². The van der Waals surface area contributed by atoms with Crippen molar-refractivity contribution in [3.63, 3.8) is 0 Å². The molecule has 1 aliphatic rings. The standard InChI is InChI=1S/C13H13BrClN3/c14-11-7-18(10-3-1-2-9(15)6-10)17-12(11)13(8-16)4-5-13/h1-3,6-7H,4-5,8,16H2. The third-order valence-electron chi connectivity index (χ3n) is 3.49. The summed E-state index contributed by atoms with van der Waals surface area (Å²) in [4.78, 5) is 0. The van der Waals surface area contributed by atoms with Crippen molar-refractivity contribution in [1.82, 2.24) is 9.78 Å². The van der Waals surface area contributed by atoms with E-state index in [1.54, 1.807) is 0 Å². The summed E-state index contributed by atoms with van der Waals surface area (Å²) in [6.45, 7) is 0.651. The second kappa shape index (κ2) is 4.37. The molecule has 2 aromatic rings. The van der Waals surface area contributed by atoms with E-state index in [0.717, 1.165) is 28.7 Å². The Bertz CT molecular complexity index is 590. The van der Waals surface area contributed by atoms with E-state index in [1.807, 2.05) is 35.1 Å². The van der Waals surface area contributed by atoms with E-state index >= 15 is 0 Å². The van der Waals surface area contributed by atoms with Crippen molar-refractivity contribution >= 4 is 27.5 Å². The van der Waals surface area contributed by atoms with E-state index in [-0.39, 0.29) is 5.41 Å². The van der Waals surface area contributed by atoms with Crippen LogP contribution in [0.4, 0.5) is 0 Å². The minimum atomic E-state index is 0.0860. The monoisotopic (exact) mass is 325 g/mol. The summed E-state index contributed by atoms with van der Waals surface area (Å²) in [5.74, 6) is 0. The fraction of sp³-hybridized carbons (Fsp3) is 0.308. The van der Waals surface area contributed by atoms with Crippen molar-refractivity contribution in [3.05, 3.63) is 45.7 Å². The molecule has 3 nitrogen and oxygen atoms in total. The van der Waals surface area contributed by atoms with E-state index in [0.29, 0.717) is 11.6 Å². The Morgan fingerprint density at radius 2 is 2.22 bits per heavy atom. The van der Waals surface area contributed by atoms with E-state index in [1.165, 1.54) is 0 Å². The Kier molecular flexibility index (Phi) is 2.96. The van der Waals surface area contributed by atoms with Gasteiger partial charge in [0.25, 0.3) is 0 Å². The van der Waals surface area contributed by atoms with Crippen LogP contribution in [0.5, 0.6) is 0 Å². The molecule has 3 rings (SSSR count). The molecule has 1 aliphatic carbocycles. The van der Waals surface area contributed by atoms with Crippen LogP contribution >= 0.6 is 27.5 Å². The maximum atomic E-state index is 6.00. The van der Waals surface area contributed by atoms with Gasteiger partial charge in [-0.05, 0) is 47.0 Å². The van der Waals surface area contributed by atoms with Gasteiger partial charge in [0.15, 0.2) is 0 Å². The van der Waals surface area contributed by atoms with Gasteiger partial charge in [-0.15, -0.1) is 0 Å². The van der Waals surface area contributed by atoms with E-state index in [4.69, 9.17) is 17.3 Å². The van der Waals surface area contributed by atoms with Crippen LogP contribution in [0.1, 0.15) is 18.5 Å². The van der Waals surface area contributed by atoms with Gasteiger partial charge in [0.1, 0.15) is 0 Å². The van der Waals surface area contributed by atoms with Gasteiger partial charge in [0, 0.05) is 23.2 Å². The van der Waals surface area contributed by atoms with Crippen LogP contribution in [-0.4, -0.2) is 16.3 Å². The number of nitrogens with two attached hydrogens (primary N) is 1. The van der Waals surface area contributed by atoms with E-state index < -0.39 is 0 Å². The molecule has 94 valence electrons. The molecular formula is C13H13BrClN3. The van der Waals surface area contributed by atoms with E-state index in [9.17, 15) is 0 Å². The molecule has 1 heterocycles. The number of halogens is 2. The summed E-state index contributed by atoms with van der Waals surface area (Å²) in [6.07, 6.45) is 4.21. The quantitative estimate of drug-likeness (QED) is 0.940. The normalized spacial score (nSPS) is 16.8. The van der Waals surface area contributed by atoms with Crippen molar-refractivity contribution < 1.29 is 0 Å². The lowest BCUT2D eigenvalue weighted by atomic mass is 10.0. The summed E-state index contributed by atoms with van der Waals surface area (Å²) in [5.41, 5.74) is 7.96. The van der Waals surface area contributed by atoms with Gasteiger partial charge in [-0.1, -0.05) is 17.7 Å². The van der Waals surface area contributed by atoms with Gasteiger partial charge in [-0.25, -0.2) is 4.68 Å². The lowest BCUT2D eigenvalue weighted by Gasteiger charge is -2.09. The average molecular weight is 327 g/mol. The molecule has 0 amide bonds. The maximum Gasteiger partial charge on any atom is 0.0845 e. The number of hydrogen-bond acceptors (Lipinski definition) is 2. The molecule has 1 aromatic heterocycles. The minimum Gasteiger partial charge on any atom is -0.330 e. The minimum absolute atomic E-state index is 0.0860. The Morgan fingerprint density at radius 3 is 2.83 bits per heavy atom. The first kappa shape index (κ1) is 12.2. The molecule has 0 aliphatic heterocycles. The first-order valence-corrected chi connectivity index (χ1v) is 7.03. The zero-order valence-electron chi connectivity index (χ0n) is 9.74. The summed E-state index contributed by atoms with van der Waals surface area (Å²) in [7, 11) is 0. The smallest absolute Gasteiger partial charge is 0.0845 e. The first-order chi connectivity index (χ1) is 8.64. The van der Waals surface area contributed by atoms with Crippen molar-refractivity contribution in [2.75, 3.05) is 6.54 Å². The van der Waals surface area contributed by atoms with E-state index in [2.05, 4.69) is 21.0 Å². The summed E-state index contributed by atoms with van der Waals surface area (Å²) < 4.78 is 2.87. The second-order valence-corrected chi connectivity index (χ2v) is 6.03. The molecule has 0 bridgehead atoms. The van der Waals surface area contributed by atoms with Crippen LogP contribution in [0.25, 0.3) is 5.69 Å². The van der Waals surface area contributed by atoms with Crippen LogP contribution in [-0.2, 0) is 5.41 Å². The fourth-order valence-corrected chi connectivity index (χ4v) is 3.03. The molecule has 18 heavy (non-hydrogen) atoms. The van der Waals surface area contributed by atoms with Crippen molar-refractivity contribution in [2.24, 2.45) is 5.73 Å². The average Bonchev–Trinajstić information content (AvgIpc) is 3.06. The van der Waals surface area contributed by atoms with Crippen LogP contribution in [0, 0.1) is 0 Å². The molecule has 1 aromatic carbocycles. The number of aromatic nitrogens is 2. The zero-order chi connectivity index (χ0) is 12.8. The zero-order valence-corrected chi connectivity index (χ0v) is 12.1. The van der Waals surface area contributed by atoms with Crippen LogP contribution in [0.3, 0.4) is 0 Å². The molecule has 5 heteroatoms. The molecule has 0 radical (unpaired) electrons. The highest BCUT2D eigenvalue weighted by Gasteiger charge is 2.46. The predicted molar refractivity (Wildman–Crippen MR) is 76.2 cm³/mol. The third kappa shape index (κ3) is 1.98. The molecular weight excluding hydrogens is 314 g/mol. The van der Waals surface area contributed by atoms with Crippen LogP contribution in [0.15, 0.2) is 34.9 Å². The maximum absolute atomic E-state index is 6.00. The highest BCUT2D eigenvalue weighted by molar-refractivity contribution is 9.10. The number of hydrogen-bond donors (Lipinski definition) is 1. The SMILES string of the molecule is NCC1(c2nn(-c3cccc(Cl)c3)cc2Br)CC1. The molecule has 0 atom stereocenters. The predicted octanol–water partition coefficient (Wildman–Crippen LogP) is 3.28. The number of rotatable bonds is 3. The molecule has 0 saturated heterocycles. The van der Waals surface area contributed by atoms with Crippen molar-refractivity contribution in [1.29, 1.82) is 0 Å². The Hall–Kier alpha value is -0.840. The molecule has 2 N–H and O–H groups in total. The molecule has 1 fully saturated rings. The van der Waals surface area contributed by atoms with Crippen molar-refractivity contribution in [3.8, 4) is 5.69 Å². The highest BCUT2D eigenvalue weighted by Crippen LogP contribution is 2.48. The molecule has 0 spiro atoms. The Balaban J connectivity index is 2.03. The number of nitrogens with zero attached hydrogens (tertiary/aromatic N) is 2. The summed E-state index contributed by atoms with van der Waals surface area (Å²) in [6, 6.07) is 7.65. The lowest BCUT2D eigenvalue weighted by Crippen LogP contribution is -2.21. The largest absolute Gasteiger partial charge is 0.330 e. The lowest BCUT2D eigenvalue weighted by molar-refractivity contribution is 0.659. The molecule has 0 unspecified atom stereocenters. The van der Waals surface area contributed by atoms with Crippen LogP contribution < -0.4 is 5.73 Å². The molecule has 1 saturated carbocycles. The summed E-state index contributed by atoms with van der Waals surface area (Å²) >= 11 is 9.58. The second-order valence-electron chi connectivity index (χ2n) is 4.73. The van der Waals surface area contributed by atoms with Gasteiger partial charge < -0.3 is 5.73 Å². The topological polar surface area (TPSA) is 43.8 Å². The van der Waals surface area contributed by atoms with Gasteiger partial charge in [0.05, 0.1) is 15.9 Å².